The number of rotatable bonds is 4. The van der Waals surface area contributed by atoms with E-state index in [9.17, 15) is 14.0 Å². The Kier molecular flexibility index (Phi) is 3.65. The minimum absolute atomic E-state index is 0.0348. The molecular formula is C14H10FNO4. The van der Waals surface area contributed by atoms with Gasteiger partial charge in [0.1, 0.15) is 5.82 Å². The number of aromatic carboxylic acids is 2. The molecule has 102 valence electrons. The molecule has 6 heteroatoms. The first-order chi connectivity index (χ1) is 9.47. The van der Waals surface area contributed by atoms with Crippen molar-refractivity contribution in [2.24, 2.45) is 0 Å². The van der Waals surface area contributed by atoms with Crippen molar-refractivity contribution in [3.63, 3.8) is 0 Å². The second-order valence-corrected chi connectivity index (χ2v) is 4.01. The molecule has 0 amide bonds. The first kappa shape index (κ1) is 13.5. The number of halogens is 1. The molecule has 0 atom stereocenters. The van der Waals surface area contributed by atoms with E-state index in [1.807, 2.05) is 0 Å². The molecule has 0 saturated heterocycles. The summed E-state index contributed by atoms with van der Waals surface area (Å²) in [6.45, 7) is 0. The molecule has 0 spiro atoms. The average Bonchev–Trinajstić information content (AvgIpc) is 2.41. The molecule has 0 aromatic heterocycles. The Hall–Kier alpha value is -2.89. The normalized spacial score (nSPS) is 10.1. The lowest BCUT2D eigenvalue weighted by Crippen LogP contribution is -2.01. The molecule has 0 heterocycles. The van der Waals surface area contributed by atoms with Crippen molar-refractivity contribution in [3.8, 4) is 0 Å². The van der Waals surface area contributed by atoms with Crippen LogP contribution in [0, 0.1) is 5.82 Å². The highest BCUT2D eigenvalue weighted by Crippen LogP contribution is 2.22. The molecule has 0 aliphatic carbocycles. The molecule has 0 saturated carbocycles. The van der Waals surface area contributed by atoms with Crippen molar-refractivity contribution in [3.05, 3.63) is 59.4 Å². The zero-order chi connectivity index (χ0) is 14.7. The summed E-state index contributed by atoms with van der Waals surface area (Å²) in [5, 5.41) is 20.4. The van der Waals surface area contributed by atoms with Gasteiger partial charge in [0.2, 0.25) is 0 Å². The van der Waals surface area contributed by atoms with Gasteiger partial charge in [0.05, 0.1) is 16.8 Å². The molecular weight excluding hydrogens is 265 g/mol. The monoisotopic (exact) mass is 275 g/mol. The van der Waals surface area contributed by atoms with E-state index in [0.717, 1.165) is 18.2 Å². The third kappa shape index (κ3) is 2.92. The lowest BCUT2D eigenvalue weighted by atomic mass is 10.1. The van der Waals surface area contributed by atoms with Crippen molar-refractivity contribution < 1.29 is 24.2 Å². The molecule has 20 heavy (non-hydrogen) atoms. The van der Waals surface area contributed by atoms with Gasteiger partial charge in [-0.15, -0.1) is 0 Å². The second kappa shape index (κ2) is 5.40. The fourth-order valence-electron chi connectivity index (χ4n) is 1.64. The van der Waals surface area contributed by atoms with Crippen LogP contribution < -0.4 is 5.32 Å². The van der Waals surface area contributed by atoms with Gasteiger partial charge in [-0.3, -0.25) is 0 Å². The molecule has 0 aliphatic rings. The third-order valence-corrected chi connectivity index (χ3v) is 2.60. The number of carbonyl (C=O) groups is 2. The smallest absolute Gasteiger partial charge is 0.335 e. The predicted octanol–water partition coefficient (Wildman–Crippen LogP) is 2.97. The highest BCUT2D eigenvalue weighted by atomic mass is 19.1. The number of hydrogen-bond donors (Lipinski definition) is 3. The van der Waals surface area contributed by atoms with Crippen LogP contribution in [0.4, 0.5) is 15.8 Å². The summed E-state index contributed by atoms with van der Waals surface area (Å²) in [5.74, 6) is -2.91. The largest absolute Gasteiger partial charge is 0.478 e. The van der Waals surface area contributed by atoms with Crippen LogP contribution >= 0.6 is 0 Å². The fourth-order valence-corrected chi connectivity index (χ4v) is 1.64. The molecule has 0 radical (unpaired) electrons. The van der Waals surface area contributed by atoms with Gasteiger partial charge in [-0.25, -0.2) is 14.0 Å². The summed E-state index contributed by atoms with van der Waals surface area (Å²) in [6, 6.07) is 9.12. The van der Waals surface area contributed by atoms with Gasteiger partial charge in [-0.05, 0) is 36.4 Å². The van der Waals surface area contributed by atoms with E-state index in [4.69, 9.17) is 10.2 Å². The van der Waals surface area contributed by atoms with Crippen molar-refractivity contribution in [1.29, 1.82) is 0 Å². The van der Waals surface area contributed by atoms with Crippen LogP contribution in [0.25, 0.3) is 0 Å². The maximum absolute atomic E-state index is 13.6. The van der Waals surface area contributed by atoms with Gasteiger partial charge >= 0.3 is 11.9 Å². The van der Waals surface area contributed by atoms with E-state index >= 15 is 0 Å². The van der Waals surface area contributed by atoms with Crippen LogP contribution in [0.3, 0.4) is 0 Å². The highest BCUT2D eigenvalue weighted by Gasteiger charge is 2.09. The number of hydrogen-bond acceptors (Lipinski definition) is 3. The van der Waals surface area contributed by atoms with Gasteiger partial charge in [0.25, 0.3) is 0 Å². The summed E-state index contributed by atoms with van der Waals surface area (Å²) in [5.41, 5.74) is 0.298. The molecule has 0 unspecified atom stereocenters. The maximum Gasteiger partial charge on any atom is 0.335 e. The Balaban J connectivity index is 2.34. The molecule has 2 rings (SSSR count). The zero-order valence-corrected chi connectivity index (χ0v) is 10.1. The summed E-state index contributed by atoms with van der Waals surface area (Å²) in [6.07, 6.45) is 0. The van der Waals surface area contributed by atoms with Crippen molar-refractivity contribution in [2.75, 3.05) is 5.32 Å². The number of carboxylic acid groups (broad SMARTS) is 2. The standard InChI is InChI=1S/C14H10FNO4/c15-11-5-4-9(14(19)20)7-12(11)16-10-3-1-2-8(6-10)13(17)18/h1-7,16H,(H,17,18)(H,19,20). The van der Waals surface area contributed by atoms with E-state index in [1.165, 1.54) is 18.2 Å². The van der Waals surface area contributed by atoms with Crippen LogP contribution in [-0.2, 0) is 0 Å². The van der Waals surface area contributed by atoms with Crippen LogP contribution in [0.15, 0.2) is 42.5 Å². The Bertz CT molecular complexity index is 685. The first-order valence-electron chi connectivity index (χ1n) is 5.60. The van der Waals surface area contributed by atoms with Gasteiger partial charge in [-0.1, -0.05) is 6.07 Å². The molecule has 0 bridgehead atoms. The van der Waals surface area contributed by atoms with E-state index < -0.39 is 17.8 Å². The van der Waals surface area contributed by atoms with Gasteiger partial charge in [0, 0.05) is 5.69 Å². The lowest BCUT2D eigenvalue weighted by Gasteiger charge is -2.09. The quantitative estimate of drug-likeness (QED) is 0.798. The van der Waals surface area contributed by atoms with Crippen LogP contribution in [0.5, 0.6) is 0 Å². The average molecular weight is 275 g/mol. The van der Waals surface area contributed by atoms with E-state index in [-0.39, 0.29) is 16.8 Å². The van der Waals surface area contributed by atoms with Crippen LogP contribution in [0.1, 0.15) is 20.7 Å². The molecule has 0 fully saturated rings. The van der Waals surface area contributed by atoms with E-state index in [2.05, 4.69) is 5.32 Å². The van der Waals surface area contributed by atoms with Crippen molar-refractivity contribution in [1.82, 2.24) is 0 Å². The fraction of sp³-hybridized carbons (Fsp3) is 0. The van der Waals surface area contributed by atoms with E-state index in [1.54, 1.807) is 6.07 Å². The van der Waals surface area contributed by atoms with Gasteiger partial charge in [0.15, 0.2) is 0 Å². The number of anilines is 2. The molecule has 2 aromatic carbocycles. The van der Waals surface area contributed by atoms with Gasteiger partial charge < -0.3 is 15.5 Å². The van der Waals surface area contributed by atoms with Crippen LogP contribution in [0.2, 0.25) is 0 Å². The Morgan fingerprint density at radius 1 is 0.950 bits per heavy atom. The summed E-state index contributed by atoms with van der Waals surface area (Å²) >= 11 is 0. The number of carboxylic acids is 2. The zero-order valence-electron chi connectivity index (χ0n) is 10.1. The van der Waals surface area contributed by atoms with E-state index in [0.29, 0.717) is 5.69 Å². The van der Waals surface area contributed by atoms with Crippen molar-refractivity contribution >= 4 is 23.3 Å². The summed E-state index contributed by atoms with van der Waals surface area (Å²) < 4.78 is 13.6. The van der Waals surface area contributed by atoms with Gasteiger partial charge in [-0.2, -0.15) is 0 Å². The SMILES string of the molecule is O=C(O)c1cccc(Nc2cc(C(=O)O)ccc2F)c1. The predicted molar refractivity (Wildman–Crippen MR) is 70.0 cm³/mol. The van der Waals surface area contributed by atoms with Crippen LogP contribution in [-0.4, -0.2) is 22.2 Å². The minimum Gasteiger partial charge on any atom is -0.478 e. The summed E-state index contributed by atoms with van der Waals surface area (Å²) in [4.78, 5) is 21.7. The highest BCUT2D eigenvalue weighted by molar-refractivity contribution is 5.90. The lowest BCUT2D eigenvalue weighted by molar-refractivity contribution is 0.0686. The molecule has 3 N–H and O–H groups in total. The maximum atomic E-state index is 13.6. The Labute approximate surface area is 113 Å². The van der Waals surface area contributed by atoms with Crippen molar-refractivity contribution in [2.45, 2.75) is 0 Å². The first-order valence-corrected chi connectivity index (χ1v) is 5.60. The molecule has 2 aromatic rings. The number of nitrogens with one attached hydrogen (secondary N) is 1. The second-order valence-electron chi connectivity index (χ2n) is 4.01. The third-order valence-electron chi connectivity index (χ3n) is 2.60. The summed E-state index contributed by atoms with van der Waals surface area (Å²) in [7, 11) is 0. The topological polar surface area (TPSA) is 86.6 Å². The number of benzene rings is 2. The Morgan fingerprint density at radius 2 is 1.60 bits per heavy atom. The minimum atomic E-state index is -1.17. The molecule has 0 aliphatic heterocycles. The molecule has 5 nitrogen and oxygen atoms in total. The Morgan fingerprint density at radius 3 is 2.25 bits per heavy atom.